The molecule has 1 fully saturated rings. The fraction of sp³-hybridized carbons (Fsp3) is 0.500. The van der Waals surface area contributed by atoms with E-state index in [0.29, 0.717) is 31.6 Å². The number of piperidine rings is 1. The quantitative estimate of drug-likeness (QED) is 0.665. The molecular weight excluding hydrogens is 320 g/mol. The second kappa shape index (κ2) is 6.57. The van der Waals surface area contributed by atoms with Gasteiger partial charge in [0, 0.05) is 37.2 Å². The van der Waals surface area contributed by atoms with Crippen LogP contribution in [0, 0.1) is 0 Å². The van der Waals surface area contributed by atoms with Gasteiger partial charge in [-0.1, -0.05) is 18.2 Å². The normalized spacial score (nSPS) is 20.7. The van der Waals surface area contributed by atoms with Crippen LogP contribution in [0.4, 0.5) is 0 Å². The van der Waals surface area contributed by atoms with Crippen LogP contribution in [0.5, 0.6) is 0 Å². The van der Waals surface area contributed by atoms with E-state index >= 15 is 0 Å². The van der Waals surface area contributed by atoms with Crippen LogP contribution in [0.2, 0.25) is 0 Å². The van der Waals surface area contributed by atoms with Gasteiger partial charge in [0.05, 0.1) is 0 Å². The van der Waals surface area contributed by atoms with Crippen molar-refractivity contribution >= 4 is 17.7 Å². The third-order valence-corrected chi connectivity index (χ3v) is 4.91. The Morgan fingerprint density at radius 3 is 2.76 bits per heavy atom. The molecule has 0 radical (unpaired) electrons. The second-order valence-electron chi connectivity index (χ2n) is 7.29. The fourth-order valence-electron chi connectivity index (χ4n) is 3.24. The number of carbonyl (C=O) groups is 3. The van der Waals surface area contributed by atoms with Crippen molar-refractivity contribution in [3.8, 4) is 0 Å². The van der Waals surface area contributed by atoms with Gasteiger partial charge in [-0.2, -0.15) is 0 Å². The molecule has 3 amide bonds. The number of carbonyl (C=O) groups excluding carboxylic acids is 3. The Hall–Kier alpha value is -2.25. The Balaban J connectivity index is 1.81. The zero-order chi connectivity index (χ0) is 18.2. The van der Waals surface area contributed by atoms with Crippen molar-refractivity contribution in [2.45, 2.75) is 51.4 Å². The maximum Gasteiger partial charge on any atom is 0.255 e. The van der Waals surface area contributed by atoms with Crippen LogP contribution >= 0.6 is 0 Å². The minimum absolute atomic E-state index is 0.146. The number of nitrogens with two attached hydrogens (primary N) is 1. The number of benzene rings is 1. The summed E-state index contributed by atoms with van der Waals surface area (Å²) in [4.78, 5) is 38.0. The molecule has 0 bridgehead atoms. The highest BCUT2D eigenvalue weighted by Crippen LogP contribution is 2.30. The number of hydrogen-bond acceptors (Lipinski definition) is 5. The minimum Gasteiger partial charge on any atom is -0.329 e. The number of nitrogens with zero attached hydrogens (tertiary/aromatic N) is 1. The van der Waals surface area contributed by atoms with Gasteiger partial charge >= 0.3 is 0 Å². The molecule has 25 heavy (non-hydrogen) atoms. The van der Waals surface area contributed by atoms with Crippen molar-refractivity contribution in [1.29, 1.82) is 0 Å². The highest BCUT2D eigenvalue weighted by molar-refractivity contribution is 6.05. The first-order valence-electron chi connectivity index (χ1n) is 8.53. The van der Waals surface area contributed by atoms with Crippen LogP contribution in [0.15, 0.2) is 18.2 Å². The molecule has 1 aromatic carbocycles. The Morgan fingerprint density at radius 1 is 1.32 bits per heavy atom. The van der Waals surface area contributed by atoms with Gasteiger partial charge in [-0.05, 0) is 31.4 Å². The zero-order valence-electron chi connectivity index (χ0n) is 14.6. The Kier molecular flexibility index (Phi) is 4.62. The number of amides is 3. The van der Waals surface area contributed by atoms with Crippen molar-refractivity contribution in [1.82, 2.24) is 15.5 Å². The summed E-state index contributed by atoms with van der Waals surface area (Å²) in [7, 11) is 0. The fourth-order valence-corrected chi connectivity index (χ4v) is 3.24. The number of hydrogen-bond donors (Lipinski definition) is 3. The molecule has 0 spiro atoms. The van der Waals surface area contributed by atoms with Gasteiger partial charge in [0.2, 0.25) is 11.8 Å². The van der Waals surface area contributed by atoms with E-state index in [2.05, 4.69) is 10.6 Å². The molecule has 134 valence electrons. The molecular formula is C18H24N4O3. The summed E-state index contributed by atoms with van der Waals surface area (Å²) < 4.78 is 0. The molecule has 1 atom stereocenters. The highest BCUT2D eigenvalue weighted by Gasteiger charge is 2.39. The maximum absolute atomic E-state index is 12.9. The van der Waals surface area contributed by atoms with Gasteiger partial charge in [-0.25, -0.2) is 0 Å². The molecule has 0 saturated carbocycles. The summed E-state index contributed by atoms with van der Waals surface area (Å²) in [5.74, 6) is -0.812. The molecule has 2 aliphatic rings. The van der Waals surface area contributed by atoms with Crippen molar-refractivity contribution in [2.24, 2.45) is 5.73 Å². The summed E-state index contributed by atoms with van der Waals surface area (Å²) in [5, 5.41) is 5.69. The van der Waals surface area contributed by atoms with Crippen molar-refractivity contribution in [3.05, 3.63) is 34.9 Å². The standard InChI is InChI=1S/C18H24N4O3/c1-18(2,10-19)20-8-11-4-3-5-12-9-22(17(25)15(11)12)13-6-7-14(23)21-16(13)24/h3-5,13,20H,6-10,19H2,1-2H3,(H,21,23,24). The van der Waals surface area contributed by atoms with Crippen LogP contribution in [-0.4, -0.2) is 40.7 Å². The van der Waals surface area contributed by atoms with Crippen LogP contribution in [-0.2, 0) is 22.7 Å². The van der Waals surface area contributed by atoms with Gasteiger partial charge in [-0.3, -0.25) is 19.7 Å². The summed E-state index contributed by atoms with van der Waals surface area (Å²) in [6, 6.07) is 5.17. The Morgan fingerprint density at radius 2 is 2.08 bits per heavy atom. The highest BCUT2D eigenvalue weighted by atomic mass is 16.2. The van der Waals surface area contributed by atoms with E-state index in [1.807, 2.05) is 32.0 Å². The summed E-state index contributed by atoms with van der Waals surface area (Å²) in [6.45, 7) is 5.43. The average molecular weight is 344 g/mol. The third-order valence-electron chi connectivity index (χ3n) is 4.91. The molecule has 0 aromatic heterocycles. The first-order valence-corrected chi connectivity index (χ1v) is 8.53. The van der Waals surface area contributed by atoms with Crippen LogP contribution < -0.4 is 16.4 Å². The zero-order valence-corrected chi connectivity index (χ0v) is 14.6. The van der Waals surface area contributed by atoms with Gasteiger partial charge in [-0.15, -0.1) is 0 Å². The number of nitrogens with one attached hydrogen (secondary N) is 2. The van der Waals surface area contributed by atoms with Gasteiger partial charge in [0.25, 0.3) is 5.91 Å². The van der Waals surface area contributed by atoms with E-state index in [1.165, 1.54) is 0 Å². The lowest BCUT2D eigenvalue weighted by Crippen LogP contribution is -2.52. The molecule has 1 aromatic rings. The van der Waals surface area contributed by atoms with E-state index < -0.39 is 6.04 Å². The summed E-state index contributed by atoms with van der Waals surface area (Å²) >= 11 is 0. The van der Waals surface area contributed by atoms with Crippen LogP contribution in [0.25, 0.3) is 0 Å². The lowest BCUT2D eigenvalue weighted by atomic mass is 10.0. The molecule has 4 N–H and O–H groups in total. The smallest absolute Gasteiger partial charge is 0.255 e. The molecule has 1 unspecified atom stereocenters. The Labute approximate surface area is 146 Å². The predicted octanol–water partition coefficient (Wildman–Crippen LogP) is 0.275. The molecule has 1 saturated heterocycles. The third kappa shape index (κ3) is 3.43. The first kappa shape index (κ1) is 17.6. The lowest BCUT2D eigenvalue weighted by molar-refractivity contribution is -0.136. The molecule has 7 heteroatoms. The second-order valence-corrected chi connectivity index (χ2v) is 7.29. The monoisotopic (exact) mass is 344 g/mol. The largest absolute Gasteiger partial charge is 0.329 e. The van der Waals surface area contributed by atoms with Crippen molar-refractivity contribution in [2.75, 3.05) is 6.54 Å². The SMILES string of the molecule is CC(C)(CN)NCc1cccc2c1C(=O)N(C1CCC(=O)NC1=O)C2. The summed E-state index contributed by atoms with van der Waals surface area (Å²) in [5.41, 5.74) is 8.00. The molecule has 0 aliphatic carbocycles. The van der Waals surface area contributed by atoms with E-state index in [-0.39, 0.29) is 29.7 Å². The molecule has 2 aliphatic heterocycles. The Bertz CT molecular complexity index is 729. The van der Waals surface area contributed by atoms with Crippen LogP contribution in [0.3, 0.4) is 0 Å². The average Bonchev–Trinajstić information content (AvgIpc) is 2.90. The lowest BCUT2D eigenvalue weighted by Gasteiger charge is -2.29. The molecule has 3 rings (SSSR count). The topological polar surface area (TPSA) is 105 Å². The van der Waals surface area contributed by atoms with Crippen molar-refractivity contribution in [3.63, 3.8) is 0 Å². The van der Waals surface area contributed by atoms with Gasteiger partial charge < -0.3 is 16.0 Å². The minimum atomic E-state index is -0.584. The molecule has 2 heterocycles. The van der Waals surface area contributed by atoms with E-state index in [1.54, 1.807) is 4.90 Å². The maximum atomic E-state index is 12.9. The van der Waals surface area contributed by atoms with E-state index in [4.69, 9.17) is 5.73 Å². The first-order chi connectivity index (χ1) is 11.8. The van der Waals surface area contributed by atoms with E-state index in [9.17, 15) is 14.4 Å². The van der Waals surface area contributed by atoms with E-state index in [0.717, 1.165) is 11.1 Å². The predicted molar refractivity (Wildman–Crippen MR) is 92.5 cm³/mol. The number of imide groups is 1. The summed E-state index contributed by atoms with van der Waals surface area (Å²) in [6.07, 6.45) is 0.633. The molecule has 7 nitrogen and oxygen atoms in total. The van der Waals surface area contributed by atoms with Crippen molar-refractivity contribution < 1.29 is 14.4 Å². The van der Waals surface area contributed by atoms with Gasteiger partial charge in [0.1, 0.15) is 6.04 Å². The number of rotatable bonds is 5. The van der Waals surface area contributed by atoms with Gasteiger partial charge in [0.15, 0.2) is 0 Å². The number of fused-ring (bicyclic) bond motifs is 1. The van der Waals surface area contributed by atoms with Crippen LogP contribution in [0.1, 0.15) is 48.2 Å².